The number of nitrogens with zero attached hydrogens (tertiary/aromatic N) is 3. The van der Waals surface area contributed by atoms with Gasteiger partial charge < -0.3 is 20.3 Å². The minimum Gasteiger partial charge on any atom is -0.392 e. The van der Waals surface area contributed by atoms with Crippen LogP contribution in [0, 0.1) is 0 Å². The third-order valence-electron chi connectivity index (χ3n) is 4.41. The Labute approximate surface area is 145 Å². The molecule has 2 heterocycles. The second-order valence-electron chi connectivity index (χ2n) is 6.15. The number of carbonyl (C=O) groups excluding carboxylic acids is 1. The van der Waals surface area contributed by atoms with Crippen molar-refractivity contribution >= 4 is 5.91 Å². The van der Waals surface area contributed by atoms with Gasteiger partial charge in [-0.2, -0.15) is 0 Å². The zero-order chi connectivity index (χ0) is 17.7. The maximum atomic E-state index is 12.1. The average Bonchev–Trinajstić information content (AvgIpc) is 3.10. The number of nitrogens with one attached hydrogen (secondary N) is 1. The lowest BCUT2D eigenvalue weighted by Gasteiger charge is -2.29. The van der Waals surface area contributed by atoms with Gasteiger partial charge in [-0.15, -0.1) is 5.10 Å². The third kappa shape index (κ3) is 4.22. The summed E-state index contributed by atoms with van der Waals surface area (Å²) < 4.78 is 6.67. The van der Waals surface area contributed by atoms with E-state index in [2.05, 4.69) is 15.6 Å². The monoisotopic (exact) mass is 346 g/mol. The highest BCUT2D eigenvalue weighted by atomic mass is 16.5. The summed E-state index contributed by atoms with van der Waals surface area (Å²) in [5, 5.41) is 30.6. The van der Waals surface area contributed by atoms with Crippen molar-refractivity contribution in [2.75, 3.05) is 13.2 Å². The molecule has 0 radical (unpaired) electrons. The van der Waals surface area contributed by atoms with E-state index in [1.807, 2.05) is 24.3 Å². The van der Waals surface area contributed by atoms with Crippen LogP contribution in [-0.2, 0) is 34.8 Å². The maximum Gasteiger partial charge on any atom is 0.242 e. The van der Waals surface area contributed by atoms with Crippen LogP contribution in [0.15, 0.2) is 30.5 Å². The van der Waals surface area contributed by atoms with Crippen LogP contribution in [0.4, 0.5) is 0 Å². The molecule has 25 heavy (non-hydrogen) atoms. The van der Waals surface area contributed by atoms with E-state index in [1.54, 1.807) is 6.20 Å². The Morgan fingerprint density at radius 1 is 1.28 bits per heavy atom. The molecule has 8 heteroatoms. The SMILES string of the molecule is O=C(Cn1cc(C2(O)CCOCC2)nn1)NCc1ccccc1CO. The van der Waals surface area contributed by atoms with Crippen molar-refractivity contribution in [1.82, 2.24) is 20.3 Å². The summed E-state index contributed by atoms with van der Waals surface area (Å²) in [5.74, 6) is -0.219. The van der Waals surface area contributed by atoms with Gasteiger partial charge in [-0.25, -0.2) is 4.68 Å². The van der Waals surface area contributed by atoms with Gasteiger partial charge in [0.2, 0.25) is 5.91 Å². The summed E-state index contributed by atoms with van der Waals surface area (Å²) in [7, 11) is 0. The Bertz CT molecular complexity index is 725. The largest absolute Gasteiger partial charge is 0.392 e. The minimum absolute atomic E-state index is 0.0148. The highest BCUT2D eigenvalue weighted by molar-refractivity contribution is 5.75. The fourth-order valence-electron chi connectivity index (χ4n) is 2.84. The molecule has 1 aliphatic heterocycles. The fraction of sp³-hybridized carbons (Fsp3) is 0.471. The number of amides is 1. The summed E-state index contributed by atoms with van der Waals surface area (Å²) in [6.45, 7) is 1.24. The number of ether oxygens (including phenoxy) is 1. The molecule has 2 aromatic rings. The normalized spacial score (nSPS) is 16.6. The molecule has 1 aromatic carbocycles. The van der Waals surface area contributed by atoms with Crippen LogP contribution in [0.25, 0.3) is 0 Å². The predicted molar refractivity (Wildman–Crippen MR) is 88.2 cm³/mol. The van der Waals surface area contributed by atoms with Gasteiger partial charge in [0.15, 0.2) is 0 Å². The Hall–Kier alpha value is -2.29. The summed E-state index contributed by atoms with van der Waals surface area (Å²) >= 11 is 0. The van der Waals surface area contributed by atoms with E-state index < -0.39 is 5.60 Å². The number of carbonyl (C=O) groups is 1. The lowest BCUT2D eigenvalue weighted by Crippen LogP contribution is -2.33. The third-order valence-corrected chi connectivity index (χ3v) is 4.41. The smallest absolute Gasteiger partial charge is 0.242 e. The van der Waals surface area contributed by atoms with Crippen LogP contribution < -0.4 is 5.32 Å². The van der Waals surface area contributed by atoms with Gasteiger partial charge in [0.25, 0.3) is 0 Å². The van der Waals surface area contributed by atoms with Gasteiger partial charge in [-0.05, 0) is 11.1 Å². The zero-order valence-corrected chi connectivity index (χ0v) is 13.9. The molecule has 1 fully saturated rings. The Balaban J connectivity index is 1.56. The van der Waals surface area contributed by atoms with E-state index in [4.69, 9.17) is 4.74 Å². The van der Waals surface area contributed by atoms with E-state index in [9.17, 15) is 15.0 Å². The van der Waals surface area contributed by atoms with E-state index in [1.165, 1.54) is 4.68 Å². The number of hydrogen-bond donors (Lipinski definition) is 3. The molecular formula is C17H22N4O4. The van der Waals surface area contributed by atoms with Crippen molar-refractivity contribution in [3.63, 3.8) is 0 Å². The van der Waals surface area contributed by atoms with Gasteiger partial charge in [0.05, 0.1) is 12.8 Å². The van der Waals surface area contributed by atoms with Crippen LogP contribution in [-0.4, -0.2) is 44.3 Å². The Morgan fingerprint density at radius 3 is 2.72 bits per heavy atom. The van der Waals surface area contributed by atoms with Crippen LogP contribution in [0.5, 0.6) is 0 Å². The van der Waals surface area contributed by atoms with Crippen molar-refractivity contribution in [1.29, 1.82) is 0 Å². The molecule has 0 spiro atoms. The summed E-state index contributed by atoms with van der Waals surface area (Å²) in [6, 6.07) is 7.38. The topological polar surface area (TPSA) is 110 Å². The molecule has 3 N–H and O–H groups in total. The second-order valence-corrected chi connectivity index (χ2v) is 6.15. The van der Waals surface area contributed by atoms with E-state index in [0.717, 1.165) is 11.1 Å². The van der Waals surface area contributed by atoms with Crippen molar-refractivity contribution in [3.05, 3.63) is 47.3 Å². The molecule has 1 saturated heterocycles. The van der Waals surface area contributed by atoms with Gasteiger partial charge in [-0.1, -0.05) is 29.5 Å². The van der Waals surface area contributed by atoms with Gasteiger partial charge in [0, 0.05) is 32.6 Å². The number of hydrogen-bond acceptors (Lipinski definition) is 6. The molecule has 1 aromatic heterocycles. The Morgan fingerprint density at radius 2 is 2.00 bits per heavy atom. The van der Waals surface area contributed by atoms with E-state index >= 15 is 0 Å². The molecule has 8 nitrogen and oxygen atoms in total. The molecule has 1 amide bonds. The molecule has 3 rings (SSSR count). The first-order valence-electron chi connectivity index (χ1n) is 8.26. The lowest BCUT2D eigenvalue weighted by molar-refractivity contribution is -0.122. The van der Waals surface area contributed by atoms with Crippen molar-refractivity contribution in [3.8, 4) is 0 Å². The molecule has 0 aliphatic carbocycles. The highest BCUT2D eigenvalue weighted by Gasteiger charge is 2.34. The summed E-state index contributed by atoms with van der Waals surface area (Å²) in [6.07, 6.45) is 2.54. The van der Waals surface area contributed by atoms with Crippen LogP contribution in [0.3, 0.4) is 0 Å². The molecule has 0 saturated carbocycles. The molecule has 1 aliphatic rings. The predicted octanol–water partition coefficient (Wildman–Crippen LogP) is 0.0848. The van der Waals surface area contributed by atoms with Gasteiger partial charge in [0.1, 0.15) is 17.8 Å². The number of benzene rings is 1. The molecule has 134 valence electrons. The second kappa shape index (κ2) is 7.73. The van der Waals surface area contributed by atoms with Crippen LogP contribution >= 0.6 is 0 Å². The standard InChI is InChI=1S/C17H22N4O4/c22-12-14-4-2-1-3-13(14)9-18-16(23)11-21-10-15(19-20-21)17(24)5-7-25-8-6-17/h1-4,10,22,24H,5-9,11-12H2,(H,18,23). The zero-order valence-electron chi connectivity index (χ0n) is 13.9. The fourth-order valence-corrected chi connectivity index (χ4v) is 2.84. The average molecular weight is 346 g/mol. The number of rotatable bonds is 6. The first-order chi connectivity index (χ1) is 12.1. The van der Waals surface area contributed by atoms with E-state index in [0.29, 0.717) is 38.3 Å². The molecule has 0 unspecified atom stereocenters. The van der Waals surface area contributed by atoms with Crippen molar-refractivity contribution in [2.24, 2.45) is 0 Å². The Kier molecular flexibility index (Phi) is 5.42. The van der Waals surface area contributed by atoms with Crippen LogP contribution in [0.1, 0.15) is 29.7 Å². The van der Waals surface area contributed by atoms with Gasteiger partial charge in [-0.3, -0.25) is 4.79 Å². The quantitative estimate of drug-likeness (QED) is 0.684. The van der Waals surface area contributed by atoms with Gasteiger partial charge >= 0.3 is 0 Å². The summed E-state index contributed by atoms with van der Waals surface area (Å²) in [4.78, 5) is 12.1. The number of aromatic nitrogens is 3. The highest BCUT2D eigenvalue weighted by Crippen LogP contribution is 2.29. The summed E-state index contributed by atoms with van der Waals surface area (Å²) in [5.41, 5.74) is 1.09. The van der Waals surface area contributed by atoms with Crippen molar-refractivity contribution < 1.29 is 19.7 Å². The number of aliphatic hydroxyl groups excluding tert-OH is 1. The number of aliphatic hydroxyl groups is 2. The maximum absolute atomic E-state index is 12.1. The van der Waals surface area contributed by atoms with Crippen molar-refractivity contribution in [2.45, 2.75) is 38.1 Å². The van der Waals surface area contributed by atoms with Crippen LogP contribution in [0.2, 0.25) is 0 Å². The molecule has 0 atom stereocenters. The first kappa shape index (κ1) is 17.5. The van der Waals surface area contributed by atoms with E-state index in [-0.39, 0.29) is 19.1 Å². The molecule has 0 bridgehead atoms. The lowest BCUT2D eigenvalue weighted by atomic mass is 9.91. The first-order valence-corrected chi connectivity index (χ1v) is 8.26. The molecular weight excluding hydrogens is 324 g/mol. The minimum atomic E-state index is -1.03.